The van der Waals surface area contributed by atoms with E-state index in [0.29, 0.717) is 42.2 Å². The van der Waals surface area contributed by atoms with Crippen molar-refractivity contribution in [3.05, 3.63) is 89.6 Å². The van der Waals surface area contributed by atoms with Crippen LogP contribution in [0.4, 0.5) is 5.69 Å². The number of aromatic amines is 2. The van der Waals surface area contributed by atoms with Gasteiger partial charge in [0, 0.05) is 48.5 Å². The molecule has 1 aliphatic heterocycles. The normalized spacial score (nSPS) is 15.0. The highest BCUT2D eigenvalue weighted by Gasteiger charge is 2.36. The Morgan fingerprint density at radius 3 is 2.82 bits per heavy atom. The SMILES string of the molecule is COCc1cccc2cc(C(=O)N3C[C@@H](Cn4cnc(=N)c5[nH]cnc54)c4c3cc(O)c3ccccc43)[nH]c12. The third-order valence-corrected chi connectivity index (χ3v) is 7.53. The van der Waals surface area contributed by atoms with Gasteiger partial charge in [0.15, 0.2) is 11.1 Å². The van der Waals surface area contributed by atoms with Gasteiger partial charge in [0.05, 0.1) is 30.5 Å². The van der Waals surface area contributed by atoms with E-state index in [0.717, 1.165) is 32.8 Å². The Morgan fingerprint density at radius 2 is 1.97 bits per heavy atom. The maximum atomic E-state index is 14.0. The Labute approximate surface area is 222 Å². The van der Waals surface area contributed by atoms with E-state index >= 15 is 0 Å². The number of H-pyrrole nitrogens is 2. The van der Waals surface area contributed by atoms with Gasteiger partial charge in [-0.2, -0.15) is 0 Å². The fraction of sp³-hybridized carbons (Fsp3) is 0.172. The highest BCUT2D eigenvalue weighted by molar-refractivity contribution is 6.11. The number of methoxy groups -OCH3 is 1. The molecule has 1 atom stereocenters. The van der Waals surface area contributed by atoms with Crippen molar-refractivity contribution in [3.8, 4) is 5.75 Å². The molecule has 3 aromatic carbocycles. The Bertz CT molecular complexity index is 1970. The first-order valence-electron chi connectivity index (χ1n) is 12.6. The number of phenolic OH excluding ortho intramolecular Hbond substituents is 1. The molecule has 10 nitrogen and oxygen atoms in total. The first kappa shape index (κ1) is 23.2. The number of fused-ring (bicyclic) bond motifs is 5. The van der Waals surface area contributed by atoms with Crippen LogP contribution in [0.5, 0.6) is 5.75 Å². The number of aromatic hydroxyl groups is 1. The van der Waals surface area contributed by atoms with Crippen molar-refractivity contribution in [2.45, 2.75) is 19.1 Å². The number of aromatic nitrogens is 5. The van der Waals surface area contributed by atoms with Gasteiger partial charge in [-0.3, -0.25) is 10.2 Å². The lowest BCUT2D eigenvalue weighted by Crippen LogP contribution is -2.31. The van der Waals surface area contributed by atoms with E-state index in [9.17, 15) is 9.90 Å². The van der Waals surface area contributed by atoms with Crippen LogP contribution in [0.15, 0.2) is 67.3 Å². The third kappa shape index (κ3) is 3.60. The molecule has 3 aromatic heterocycles. The van der Waals surface area contributed by atoms with Crippen molar-refractivity contribution in [2.24, 2.45) is 0 Å². The summed E-state index contributed by atoms with van der Waals surface area (Å²) in [5.74, 6) is -0.155. The second-order valence-electron chi connectivity index (χ2n) is 9.83. The van der Waals surface area contributed by atoms with E-state index in [2.05, 4.69) is 19.9 Å². The Balaban J connectivity index is 1.35. The summed E-state index contributed by atoms with van der Waals surface area (Å²) in [5.41, 5.74) is 5.30. The summed E-state index contributed by atoms with van der Waals surface area (Å²) < 4.78 is 7.25. The second kappa shape index (κ2) is 8.81. The minimum absolute atomic E-state index is 0.105. The van der Waals surface area contributed by atoms with Crippen LogP contribution in [0.3, 0.4) is 0 Å². The molecule has 0 unspecified atom stereocenters. The zero-order valence-electron chi connectivity index (χ0n) is 21.1. The number of nitrogens with one attached hydrogen (secondary N) is 3. The number of carbonyl (C=O) groups is 1. The number of hydrogen-bond donors (Lipinski definition) is 4. The number of nitrogens with zero attached hydrogens (tertiary/aromatic N) is 4. The number of hydrogen-bond acceptors (Lipinski definition) is 6. The fourth-order valence-corrected chi connectivity index (χ4v) is 5.82. The van der Waals surface area contributed by atoms with E-state index < -0.39 is 0 Å². The van der Waals surface area contributed by atoms with E-state index in [-0.39, 0.29) is 23.1 Å². The van der Waals surface area contributed by atoms with Gasteiger partial charge in [-0.25, -0.2) is 9.97 Å². The van der Waals surface area contributed by atoms with Crippen molar-refractivity contribution >= 4 is 44.4 Å². The number of benzene rings is 3. The molecule has 39 heavy (non-hydrogen) atoms. The van der Waals surface area contributed by atoms with E-state index in [1.165, 1.54) is 0 Å². The summed E-state index contributed by atoms with van der Waals surface area (Å²) in [6.07, 6.45) is 3.17. The fourth-order valence-electron chi connectivity index (χ4n) is 5.82. The average molecular weight is 520 g/mol. The minimum Gasteiger partial charge on any atom is -0.507 e. The van der Waals surface area contributed by atoms with Crippen molar-refractivity contribution in [2.75, 3.05) is 18.6 Å². The molecular formula is C29H25N7O3. The van der Waals surface area contributed by atoms with Crippen LogP contribution in [0.1, 0.15) is 27.5 Å². The lowest BCUT2D eigenvalue weighted by molar-refractivity contribution is 0.0984. The summed E-state index contributed by atoms with van der Waals surface area (Å²) in [6, 6.07) is 17.1. The number of anilines is 1. The molecule has 1 amide bonds. The molecule has 0 saturated carbocycles. The van der Waals surface area contributed by atoms with E-state index in [1.807, 2.05) is 53.1 Å². The number of amides is 1. The van der Waals surface area contributed by atoms with Gasteiger partial charge in [0.25, 0.3) is 5.91 Å². The Hall–Kier alpha value is -4.96. The Morgan fingerprint density at radius 1 is 1.13 bits per heavy atom. The first-order valence-corrected chi connectivity index (χ1v) is 12.6. The van der Waals surface area contributed by atoms with Crippen LogP contribution in [0, 0.1) is 5.41 Å². The van der Waals surface area contributed by atoms with Gasteiger partial charge >= 0.3 is 0 Å². The maximum absolute atomic E-state index is 14.0. The summed E-state index contributed by atoms with van der Waals surface area (Å²) in [4.78, 5) is 30.7. The van der Waals surface area contributed by atoms with Gasteiger partial charge in [0.1, 0.15) is 17.0 Å². The predicted molar refractivity (Wildman–Crippen MR) is 147 cm³/mol. The average Bonchev–Trinajstić information content (AvgIpc) is 3.68. The number of rotatable bonds is 5. The first-order chi connectivity index (χ1) is 19.0. The van der Waals surface area contributed by atoms with Crippen LogP contribution in [-0.2, 0) is 17.9 Å². The molecule has 4 heterocycles. The van der Waals surface area contributed by atoms with Crippen molar-refractivity contribution in [3.63, 3.8) is 0 Å². The molecule has 4 N–H and O–H groups in total. The number of para-hydroxylation sites is 1. The number of carbonyl (C=O) groups excluding carboxylic acids is 1. The van der Waals surface area contributed by atoms with Crippen molar-refractivity contribution in [1.82, 2.24) is 24.5 Å². The zero-order valence-corrected chi connectivity index (χ0v) is 21.1. The molecule has 6 aromatic rings. The van der Waals surface area contributed by atoms with Crippen LogP contribution in [0.2, 0.25) is 0 Å². The highest BCUT2D eigenvalue weighted by atomic mass is 16.5. The molecule has 0 radical (unpaired) electrons. The molecule has 194 valence electrons. The largest absolute Gasteiger partial charge is 0.507 e. The molecule has 1 aliphatic rings. The quantitative estimate of drug-likeness (QED) is 0.271. The van der Waals surface area contributed by atoms with Gasteiger partial charge in [-0.1, -0.05) is 42.5 Å². The molecule has 0 aliphatic carbocycles. The summed E-state index contributed by atoms with van der Waals surface area (Å²) in [7, 11) is 1.65. The summed E-state index contributed by atoms with van der Waals surface area (Å²) in [6.45, 7) is 1.33. The standard InChI is InChI=1S/C29H25N7O3/c1-39-13-17-6-4-5-16-9-21(34-25(16)17)29(38)36-12-18(11-35-15-33-27(30)26-28(35)32-14-31-26)24-20-8-3-2-7-19(20)23(37)10-22(24)36/h2-10,14-15,18,30,34,37H,11-13H2,1H3,(H,31,32)/t18-/m1/s1. The van der Waals surface area contributed by atoms with Crippen LogP contribution in [0.25, 0.3) is 32.8 Å². The third-order valence-electron chi connectivity index (χ3n) is 7.53. The monoisotopic (exact) mass is 519 g/mol. The van der Waals surface area contributed by atoms with E-state index in [1.54, 1.807) is 30.7 Å². The number of imidazole rings is 1. The van der Waals surface area contributed by atoms with Gasteiger partial charge in [-0.05, 0) is 17.0 Å². The zero-order chi connectivity index (χ0) is 26.7. The van der Waals surface area contributed by atoms with Gasteiger partial charge < -0.3 is 29.3 Å². The molecule has 0 spiro atoms. The molecular weight excluding hydrogens is 494 g/mol. The molecule has 0 saturated heterocycles. The topological polar surface area (TPSA) is 136 Å². The van der Waals surface area contributed by atoms with Crippen molar-refractivity contribution in [1.29, 1.82) is 5.41 Å². The van der Waals surface area contributed by atoms with Crippen LogP contribution >= 0.6 is 0 Å². The minimum atomic E-state index is -0.178. The Kier molecular flexibility index (Phi) is 5.24. The maximum Gasteiger partial charge on any atom is 0.274 e. The van der Waals surface area contributed by atoms with Gasteiger partial charge in [0.2, 0.25) is 0 Å². The molecule has 0 bridgehead atoms. The molecule has 7 rings (SSSR count). The number of phenols is 1. The van der Waals surface area contributed by atoms with Gasteiger partial charge in [-0.15, -0.1) is 0 Å². The molecule has 10 heteroatoms. The highest BCUT2D eigenvalue weighted by Crippen LogP contribution is 2.46. The molecule has 0 fully saturated rings. The summed E-state index contributed by atoms with van der Waals surface area (Å²) >= 11 is 0. The lowest BCUT2D eigenvalue weighted by atomic mass is 9.94. The smallest absolute Gasteiger partial charge is 0.274 e. The van der Waals surface area contributed by atoms with Crippen LogP contribution < -0.4 is 10.4 Å². The second-order valence-corrected chi connectivity index (χ2v) is 9.83. The summed E-state index contributed by atoms with van der Waals surface area (Å²) in [5, 5.41) is 21.6. The number of ether oxygens (including phenoxy) is 1. The van der Waals surface area contributed by atoms with Crippen molar-refractivity contribution < 1.29 is 14.6 Å². The predicted octanol–water partition coefficient (Wildman–Crippen LogP) is 4.17. The van der Waals surface area contributed by atoms with Crippen LogP contribution in [-0.4, -0.2) is 49.2 Å². The lowest BCUT2D eigenvalue weighted by Gasteiger charge is -2.18. The van der Waals surface area contributed by atoms with E-state index in [4.69, 9.17) is 10.1 Å².